The summed E-state index contributed by atoms with van der Waals surface area (Å²) in [5.74, 6) is -0.877. The molecule has 0 unspecified atom stereocenters. The summed E-state index contributed by atoms with van der Waals surface area (Å²) in [4.78, 5) is 0. The van der Waals surface area contributed by atoms with E-state index in [1.165, 1.54) is 11.6 Å². The summed E-state index contributed by atoms with van der Waals surface area (Å²) >= 11 is 0. The van der Waals surface area contributed by atoms with Crippen LogP contribution in [0.1, 0.15) is 52.9 Å². The molecule has 0 aromatic rings. The normalized spacial score (nSPS) is 23.4. The standard InChI is InChI=1S/C19H30F2O2/c1-5-14(4)16-10-8-15(9-11-16)12-22-13-17(20)19(21)18(6-2)23-7-3/h6,15-16H,4-5,7-13H2,1-3H3/b18-6+,19-17-. The topological polar surface area (TPSA) is 18.5 Å². The summed E-state index contributed by atoms with van der Waals surface area (Å²) in [6.45, 7) is 10.0. The van der Waals surface area contributed by atoms with Crippen LogP contribution in [0.5, 0.6) is 0 Å². The lowest BCUT2D eigenvalue weighted by molar-refractivity contribution is 0.0845. The first kappa shape index (κ1) is 19.9. The zero-order valence-electron chi connectivity index (χ0n) is 14.7. The molecule has 0 heterocycles. The van der Waals surface area contributed by atoms with Gasteiger partial charge in [0.15, 0.2) is 17.4 Å². The summed E-state index contributed by atoms with van der Waals surface area (Å²) in [5.41, 5.74) is 1.33. The number of hydrogen-bond donors (Lipinski definition) is 0. The molecule has 0 spiro atoms. The van der Waals surface area contributed by atoms with Gasteiger partial charge in [0.2, 0.25) is 0 Å². The van der Waals surface area contributed by atoms with E-state index in [4.69, 9.17) is 9.47 Å². The Labute approximate surface area is 139 Å². The van der Waals surface area contributed by atoms with Gasteiger partial charge < -0.3 is 9.47 Å². The van der Waals surface area contributed by atoms with Crippen LogP contribution < -0.4 is 0 Å². The van der Waals surface area contributed by atoms with Gasteiger partial charge in [-0.25, -0.2) is 4.39 Å². The summed E-state index contributed by atoms with van der Waals surface area (Å²) in [5, 5.41) is 0. The van der Waals surface area contributed by atoms with Gasteiger partial charge in [-0.15, -0.1) is 0 Å². The molecule has 0 aliphatic heterocycles. The third-order valence-electron chi connectivity index (χ3n) is 4.48. The minimum Gasteiger partial charge on any atom is -0.491 e. The van der Waals surface area contributed by atoms with Crippen LogP contribution in [0, 0.1) is 11.8 Å². The number of rotatable bonds is 9. The van der Waals surface area contributed by atoms with Gasteiger partial charge in [-0.3, -0.25) is 0 Å². The van der Waals surface area contributed by atoms with E-state index in [1.54, 1.807) is 13.8 Å². The molecule has 2 nitrogen and oxygen atoms in total. The van der Waals surface area contributed by atoms with E-state index in [9.17, 15) is 8.78 Å². The molecule has 1 aliphatic carbocycles. The predicted molar refractivity (Wildman–Crippen MR) is 90.3 cm³/mol. The van der Waals surface area contributed by atoms with Gasteiger partial charge in [0.25, 0.3) is 0 Å². The molecule has 1 rings (SSSR count). The van der Waals surface area contributed by atoms with Gasteiger partial charge in [-0.05, 0) is 63.9 Å². The fourth-order valence-electron chi connectivity index (χ4n) is 2.97. The van der Waals surface area contributed by atoms with Crippen LogP contribution in [-0.2, 0) is 9.47 Å². The van der Waals surface area contributed by atoms with Crippen LogP contribution >= 0.6 is 0 Å². The average molecular weight is 328 g/mol. The highest BCUT2D eigenvalue weighted by molar-refractivity contribution is 5.22. The van der Waals surface area contributed by atoms with E-state index in [-0.39, 0.29) is 12.4 Å². The Hall–Kier alpha value is -1.16. The maximum Gasteiger partial charge on any atom is 0.198 e. The zero-order valence-corrected chi connectivity index (χ0v) is 14.7. The smallest absolute Gasteiger partial charge is 0.198 e. The van der Waals surface area contributed by atoms with Gasteiger partial charge in [-0.2, -0.15) is 4.39 Å². The van der Waals surface area contributed by atoms with Crippen LogP contribution in [-0.4, -0.2) is 19.8 Å². The van der Waals surface area contributed by atoms with Crippen molar-refractivity contribution in [3.8, 4) is 0 Å². The Morgan fingerprint density at radius 2 is 1.83 bits per heavy atom. The minimum atomic E-state index is -0.961. The summed E-state index contributed by atoms with van der Waals surface area (Å²) in [7, 11) is 0. The molecule has 0 amide bonds. The molecule has 0 N–H and O–H groups in total. The summed E-state index contributed by atoms with van der Waals surface area (Å²) in [6, 6.07) is 0. The van der Waals surface area contributed by atoms with Crippen molar-refractivity contribution in [2.75, 3.05) is 19.8 Å². The molecule has 0 radical (unpaired) electrons. The molecule has 0 saturated heterocycles. The molecule has 1 fully saturated rings. The van der Waals surface area contributed by atoms with E-state index >= 15 is 0 Å². The predicted octanol–water partition coefficient (Wildman–Crippen LogP) is 5.87. The van der Waals surface area contributed by atoms with E-state index in [2.05, 4.69) is 13.5 Å². The van der Waals surface area contributed by atoms with E-state index in [0.29, 0.717) is 25.0 Å². The van der Waals surface area contributed by atoms with Gasteiger partial charge in [-0.1, -0.05) is 19.1 Å². The second-order valence-corrected chi connectivity index (χ2v) is 6.05. The third-order valence-corrected chi connectivity index (χ3v) is 4.48. The van der Waals surface area contributed by atoms with Crippen LogP contribution in [0.15, 0.2) is 35.6 Å². The molecule has 132 valence electrons. The Morgan fingerprint density at radius 1 is 1.17 bits per heavy atom. The van der Waals surface area contributed by atoms with Crippen LogP contribution in [0.4, 0.5) is 8.78 Å². The first-order chi connectivity index (χ1) is 11.0. The maximum atomic E-state index is 13.8. The molecular weight excluding hydrogens is 298 g/mol. The van der Waals surface area contributed by atoms with Crippen molar-refractivity contribution in [1.82, 2.24) is 0 Å². The van der Waals surface area contributed by atoms with Crippen molar-refractivity contribution in [1.29, 1.82) is 0 Å². The quantitative estimate of drug-likeness (QED) is 0.299. The Morgan fingerprint density at radius 3 is 2.35 bits per heavy atom. The maximum absolute atomic E-state index is 13.8. The van der Waals surface area contributed by atoms with E-state index < -0.39 is 11.7 Å². The molecule has 0 bridgehead atoms. The van der Waals surface area contributed by atoms with Gasteiger partial charge in [0, 0.05) is 6.61 Å². The van der Waals surface area contributed by atoms with Crippen molar-refractivity contribution in [2.24, 2.45) is 11.8 Å². The van der Waals surface area contributed by atoms with Gasteiger partial charge >= 0.3 is 0 Å². The van der Waals surface area contributed by atoms with Crippen molar-refractivity contribution < 1.29 is 18.3 Å². The first-order valence-electron chi connectivity index (χ1n) is 8.62. The lowest BCUT2D eigenvalue weighted by Gasteiger charge is -2.29. The first-order valence-corrected chi connectivity index (χ1v) is 8.62. The lowest BCUT2D eigenvalue weighted by atomic mass is 9.78. The minimum absolute atomic E-state index is 0.0628. The lowest BCUT2D eigenvalue weighted by Crippen LogP contribution is -2.20. The molecule has 4 heteroatoms. The van der Waals surface area contributed by atoms with Crippen molar-refractivity contribution in [2.45, 2.75) is 52.9 Å². The Bertz CT molecular complexity index is 433. The highest BCUT2D eigenvalue weighted by Gasteiger charge is 2.22. The van der Waals surface area contributed by atoms with Crippen molar-refractivity contribution >= 4 is 0 Å². The number of halogens is 2. The largest absolute Gasteiger partial charge is 0.491 e. The molecule has 1 aliphatic rings. The Kier molecular flexibility index (Phi) is 9.15. The van der Waals surface area contributed by atoms with Crippen LogP contribution in [0.25, 0.3) is 0 Å². The van der Waals surface area contributed by atoms with Crippen molar-refractivity contribution in [3.05, 3.63) is 35.6 Å². The van der Waals surface area contributed by atoms with E-state index in [1.807, 2.05) is 0 Å². The average Bonchev–Trinajstić information content (AvgIpc) is 2.58. The number of hydrogen-bond acceptors (Lipinski definition) is 2. The molecular formula is C19H30F2O2. The molecule has 1 saturated carbocycles. The fraction of sp³-hybridized carbons (Fsp3) is 0.684. The molecule has 23 heavy (non-hydrogen) atoms. The number of allylic oxidation sites excluding steroid dienone is 3. The number of ether oxygens (including phenoxy) is 2. The van der Waals surface area contributed by atoms with Crippen LogP contribution in [0.2, 0.25) is 0 Å². The monoisotopic (exact) mass is 328 g/mol. The van der Waals surface area contributed by atoms with Gasteiger partial charge in [0.05, 0.1) is 6.61 Å². The Balaban J connectivity index is 2.36. The molecule has 0 atom stereocenters. The van der Waals surface area contributed by atoms with E-state index in [0.717, 1.165) is 32.1 Å². The van der Waals surface area contributed by atoms with Crippen molar-refractivity contribution in [3.63, 3.8) is 0 Å². The zero-order chi connectivity index (χ0) is 17.2. The second-order valence-electron chi connectivity index (χ2n) is 6.05. The van der Waals surface area contributed by atoms with Gasteiger partial charge in [0.1, 0.15) is 6.61 Å². The summed E-state index contributed by atoms with van der Waals surface area (Å²) < 4.78 is 38.0. The fourth-order valence-corrected chi connectivity index (χ4v) is 2.97. The third kappa shape index (κ3) is 6.46. The second kappa shape index (κ2) is 10.6. The highest BCUT2D eigenvalue weighted by atomic mass is 19.2. The SMILES string of the molecule is C=C(CC)C1CCC(COC/C(F)=C(F)\C(=C/C)OCC)CC1. The molecule has 0 aromatic heterocycles. The summed E-state index contributed by atoms with van der Waals surface area (Å²) in [6.07, 6.45) is 6.84. The molecule has 0 aromatic carbocycles. The van der Waals surface area contributed by atoms with Crippen LogP contribution in [0.3, 0.4) is 0 Å². The highest BCUT2D eigenvalue weighted by Crippen LogP contribution is 2.34.